The fourth-order valence-electron chi connectivity index (χ4n) is 1.34. The second kappa shape index (κ2) is 18.4. The zero-order chi connectivity index (χ0) is 21.4. The maximum atomic E-state index is 8.96. The Labute approximate surface area is 160 Å². The number of aliphatic hydroxyl groups is 12. The van der Waals surface area contributed by atoms with Gasteiger partial charge in [-0.1, -0.05) is 0 Å². The van der Waals surface area contributed by atoms with Crippen LogP contribution in [0.4, 0.5) is 0 Å². The maximum absolute atomic E-state index is 8.96. The van der Waals surface area contributed by atoms with Gasteiger partial charge in [0.1, 0.15) is 48.8 Å². The van der Waals surface area contributed by atoms with Gasteiger partial charge >= 0.3 is 23.7 Å². The number of hydrogen-bond donors (Lipinski definition) is 12. The average molecular weight is 428 g/mol. The Balaban J connectivity index is -0.000000371. The van der Waals surface area contributed by atoms with Crippen molar-refractivity contribution in [2.45, 2.75) is 48.8 Å². The molecular weight excluding hydrogens is 400 g/mol. The molecule has 0 heterocycles. The van der Waals surface area contributed by atoms with E-state index in [1.54, 1.807) is 0 Å². The van der Waals surface area contributed by atoms with Crippen molar-refractivity contribution < 1.29 is 85.0 Å². The summed E-state index contributed by atoms with van der Waals surface area (Å²) < 4.78 is 8.25. The van der Waals surface area contributed by atoms with E-state index in [9.17, 15) is 0 Å². The molecule has 0 saturated heterocycles. The van der Waals surface area contributed by atoms with Crippen LogP contribution in [0, 0.1) is 0 Å². The van der Waals surface area contributed by atoms with Gasteiger partial charge in [-0.2, -0.15) is 0 Å². The van der Waals surface area contributed by atoms with Crippen LogP contribution in [-0.4, -0.2) is 137 Å². The third-order valence-corrected chi connectivity index (χ3v) is 3.02. The van der Waals surface area contributed by atoms with Crippen molar-refractivity contribution in [1.29, 1.82) is 0 Å². The molecule has 0 aromatic carbocycles. The van der Waals surface area contributed by atoms with Crippen molar-refractivity contribution in [2.24, 2.45) is 0 Å². The van der Waals surface area contributed by atoms with Gasteiger partial charge in [0.2, 0.25) is 0 Å². The van der Waals surface area contributed by atoms with Crippen LogP contribution >= 0.6 is 0 Å². The van der Waals surface area contributed by atoms with Gasteiger partial charge in [0.05, 0.1) is 26.4 Å². The fourth-order valence-corrected chi connectivity index (χ4v) is 1.34. The zero-order valence-electron chi connectivity index (χ0n) is 13.7. The van der Waals surface area contributed by atoms with Crippen LogP contribution in [0.5, 0.6) is 0 Å². The Kier molecular flexibility index (Phi) is 21.8. The molecule has 158 valence electrons. The first kappa shape index (κ1) is 30.8. The van der Waals surface area contributed by atoms with Crippen molar-refractivity contribution in [3.63, 3.8) is 0 Å². The molecule has 0 rings (SSSR count). The summed E-state index contributed by atoms with van der Waals surface area (Å²) in [5.74, 6) is 0. The van der Waals surface area contributed by atoms with Gasteiger partial charge in [0.15, 0.2) is 0 Å². The second-order valence-electron chi connectivity index (χ2n) is 4.96. The standard InChI is InChI=1S/2C6H14O6.O.Ti/c2*7-1-3(9)5(11)6(12)4(10)2-8;;/h2*3-12H,1-2H2;;/t2*3-,4+,5-,6-;;/m11../s1. The first-order valence-electron chi connectivity index (χ1n) is 7.17. The van der Waals surface area contributed by atoms with E-state index in [0.29, 0.717) is 0 Å². The Hall–Kier alpha value is 0.0343. The van der Waals surface area contributed by atoms with Crippen LogP contribution in [0.3, 0.4) is 0 Å². The van der Waals surface area contributed by atoms with Gasteiger partial charge in [0, 0.05) is 0 Å². The third-order valence-electron chi connectivity index (χ3n) is 3.02. The number of aliphatic hydroxyl groups excluding tert-OH is 12. The summed E-state index contributed by atoms with van der Waals surface area (Å²) in [7, 11) is 0. The molecule has 12 N–H and O–H groups in total. The summed E-state index contributed by atoms with van der Waals surface area (Å²) >= 11 is 0.750. The average Bonchev–Trinajstić information content (AvgIpc) is 2.70. The summed E-state index contributed by atoms with van der Waals surface area (Å²) in [6, 6.07) is 0. The van der Waals surface area contributed by atoms with Crippen LogP contribution < -0.4 is 0 Å². The summed E-state index contributed by atoms with van der Waals surface area (Å²) in [5.41, 5.74) is 0. The minimum absolute atomic E-state index is 0.726. The molecule has 0 aliphatic rings. The first-order chi connectivity index (χ1) is 12.1. The molecule has 14 heteroatoms. The molecule has 0 aliphatic heterocycles. The van der Waals surface area contributed by atoms with Gasteiger partial charge in [-0.25, -0.2) is 0 Å². The molecular formula is C12H28O13Ti. The zero-order valence-corrected chi connectivity index (χ0v) is 15.3. The fraction of sp³-hybridized carbons (Fsp3) is 1.00. The van der Waals surface area contributed by atoms with Crippen LogP contribution in [0.2, 0.25) is 0 Å². The van der Waals surface area contributed by atoms with E-state index < -0.39 is 75.3 Å². The second-order valence-corrected chi connectivity index (χ2v) is 4.96. The van der Waals surface area contributed by atoms with Gasteiger partial charge in [-0.3, -0.25) is 0 Å². The predicted molar refractivity (Wildman–Crippen MR) is 77.1 cm³/mol. The van der Waals surface area contributed by atoms with E-state index in [-0.39, 0.29) is 0 Å². The molecule has 0 radical (unpaired) electrons. The van der Waals surface area contributed by atoms with E-state index in [2.05, 4.69) is 0 Å². The Morgan fingerprint density at radius 3 is 0.615 bits per heavy atom. The summed E-state index contributed by atoms with van der Waals surface area (Å²) in [5, 5.41) is 104. The summed E-state index contributed by atoms with van der Waals surface area (Å²) in [6.45, 7) is -2.90. The van der Waals surface area contributed by atoms with Crippen molar-refractivity contribution >= 4 is 0 Å². The quantitative estimate of drug-likeness (QED) is 0.145. The third kappa shape index (κ3) is 12.4. The molecule has 0 saturated carbocycles. The van der Waals surface area contributed by atoms with Gasteiger partial charge in [-0.15, -0.1) is 0 Å². The van der Waals surface area contributed by atoms with E-state index in [1.807, 2.05) is 0 Å². The molecule has 0 fully saturated rings. The first-order valence-corrected chi connectivity index (χ1v) is 7.81. The number of hydrogen-bond acceptors (Lipinski definition) is 13. The monoisotopic (exact) mass is 428 g/mol. The molecule has 0 spiro atoms. The molecule has 0 bridgehead atoms. The Bertz CT molecular complexity index is 257. The minimum atomic E-state index is -1.67. The summed E-state index contributed by atoms with van der Waals surface area (Å²) in [6.07, 6.45) is -12.8. The van der Waals surface area contributed by atoms with Crippen molar-refractivity contribution in [3.05, 3.63) is 0 Å². The molecule has 26 heavy (non-hydrogen) atoms. The van der Waals surface area contributed by atoms with E-state index in [1.165, 1.54) is 0 Å². The Morgan fingerprint density at radius 1 is 0.423 bits per heavy atom. The predicted octanol–water partition coefficient (Wildman–Crippen LogP) is -7.29. The molecule has 8 atom stereocenters. The van der Waals surface area contributed by atoms with Crippen LogP contribution in [0.1, 0.15) is 0 Å². The molecule has 0 aromatic rings. The van der Waals surface area contributed by atoms with E-state index in [4.69, 9.17) is 64.6 Å². The van der Waals surface area contributed by atoms with Crippen LogP contribution in [-0.2, 0) is 23.7 Å². The summed E-state index contributed by atoms with van der Waals surface area (Å²) in [4.78, 5) is 0. The molecule has 0 amide bonds. The molecule has 0 unspecified atom stereocenters. The van der Waals surface area contributed by atoms with Crippen molar-refractivity contribution in [3.8, 4) is 0 Å². The van der Waals surface area contributed by atoms with Gasteiger partial charge in [-0.05, 0) is 0 Å². The normalized spacial score (nSPS) is 20.0. The van der Waals surface area contributed by atoms with Crippen LogP contribution in [0.15, 0.2) is 0 Å². The molecule has 0 aliphatic carbocycles. The van der Waals surface area contributed by atoms with E-state index >= 15 is 0 Å². The van der Waals surface area contributed by atoms with Crippen molar-refractivity contribution in [1.82, 2.24) is 0 Å². The van der Waals surface area contributed by atoms with Gasteiger partial charge in [0.25, 0.3) is 0 Å². The Morgan fingerprint density at radius 2 is 0.538 bits per heavy atom. The number of rotatable bonds is 10. The molecule has 0 aromatic heterocycles. The van der Waals surface area contributed by atoms with Crippen molar-refractivity contribution in [2.75, 3.05) is 26.4 Å². The molecule has 13 nitrogen and oxygen atoms in total. The topological polar surface area (TPSA) is 260 Å². The van der Waals surface area contributed by atoms with Gasteiger partial charge < -0.3 is 61.3 Å². The van der Waals surface area contributed by atoms with E-state index in [0.717, 1.165) is 20.4 Å². The SMILES string of the molecule is OC[C@@H](O)[C@@H](O)[C@H](O)[C@@H](O)CO.OC[C@@H](O)[C@@H](O)[C@H](O)[C@@H](O)CO.[O]=[Ti]. The van der Waals surface area contributed by atoms with Crippen LogP contribution in [0.25, 0.3) is 0 Å².